The van der Waals surface area contributed by atoms with E-state index in [4.69, 9.17) is 0 Å². The molecule has 0 fully saturated rings. The van der Waals surface area contributed by atoms with E-state index in [1.807, 2.05) is 0 Å². The predicted molar refractivity (Wildman–Crippen MR) is 72.5 cm³/mol. The SMILES string of the molecule is OC(c1ccsc1)(c1cccc(Br)c1)C(F)(F)C(F)(F)F. The van der Waals surface area contributed by atoms with Gasteiger partial charge in [-0.05, 0) is 34.5 Å². The number of thiophene rings is 1. The molecule has 1 N–H and O–H groups in total. The molecule has 0 aliphatic carbocycles. The number of aliphatic hydroxyl groups is 1. The van der Waals surface area contributed by atoms with Gasteiger partial charge in [-0.1, -0.05) is 28.1 Å². The quantitative estimate of drug-likeness (QED) is 0.740. The third-order valence-electron chi connectivity index (χ3n) is 2.99. The van der Waals surface area contributed by atoms with Gasteiger partial charge in [-0.15, -0.1) is 0 Å². The molecule has 1 heterocycles. The first-order chi connectivity index (χ1) is 9.60. The molecule has 0 bridgehead atoms. The Hall–Kier alpha value is -0.990. The fraction of sp³-hybridized carbons (Fsp3) is 0.231. The van der Waals surface area contributed by atoms with Gasteiger partial charge in [-0.2, -0.15) is 33.3 Å². The third kappa shape index (κ3) is 2.60. The molecular weight excluding hydrogens is 379 g/mol. The molecule has 1 unspecified atom stereocenters. The van der Waals surface area contributed by atoms with Crippen LogP contribution in [0, 0.1) is 0 Å². The number of hydrogen-bond donors (Lipinski definition) is 1. The van der Waals surface area contributed by atoms with Gasteiger partial charge >= 0.3 is 12.1 Å². The van der Waals surface area contributed by atoms with E-state index in [1.54, 1.807) is 0 Å². The number of benzene rings is 1. The van der Waals surface area contributed by atoms with E-state index < -0.39 is 28.8 Å². The van der Waals surface area contributed by atoms with Gasteiger partial charge in [0.15, 0.2) is 5.60 Å². The van der Waals surface area contributed by atoms with E-state index in [1.165, 1.54) is 17.5 Å². The van der Waals surface area contributed by atoms with Crippen LogP contribution in [0.3, 0.4) is 0 Å². The molecule has 0 radical (unpaired) electrons. The van der Waals surface area contributed by atoms with Crippen LogP contribution in [-0.2, 0) is 5.60 Å². The van der Waals surface area contributed by atoms with E-state index in [0.717, 1.165) is 34.9 Å². The molecule has 0 aliphatic heterocycles. The Morgan fingerprint density at radius 1 is 1.00 bits per heavy atom. The fourth-order valence-corrected chi connectivity index (χ4v) is 3.02. The van der Waals surface area contributed by atoms with Gasteiger partial charge in [0.1, 0.15) is 0 Å². The van der Waals surface area contributed by atoms with Crippen molar-refractivity contribution < 1.29 is 27.1 Å². The number of halogens is 6. The third-order valence-corrected chi connectivity index (χ3v) is 4.17. The largest absolute Gasteiger partial charge is 0.457 e. The summed E-state index contributed by atoms with van der Waals surface area (Å²) >= 11 is 3.92. The Balaban J connectivity index is 2.73. The lowest BCUT2D eigenvalue weighted by atomic mass is 9.82. The molecular formula is C13H8BrF5OS. The van der Waals surface area contributed by atoms with E-state index >= 15 is 0 Å². The van der Waals surface area contributed by atoms with Gasteiger partial charge in [0.25, 0.3) is 0 Å². The molecule has 0 amide bonds. The summed E-state index contributed by atoms with van der Waals surface area (Å²) in [7, 11) is 0. The van der Waals surface area contributed by atoms with Crippen LogP contribution in [0.1, 0.15) is 11.1 Å². The molecule has 0 aliphatic rings. The lowest BCUT2D eigenvalue weighted by Gasteiger charge is -2.37. The maximum absolute atomic E-state index is 14.0. The van der Waals surface area contributed by atoms with Crippen molar-refractivity contribution in [1.82, 2.24) is 0 Å². The van der Waals surface area contributed by atoms with Crippen LogP contribution in [0.15, 0.2) is 45.6 Å². The van der Waals surface area contributed by atoms with Crippen LogP contribution in [0.5, 0.6) is 0 Å². The zero-order valence-electron chi connectivity index (χ0n) is 10.2. The summed E-state index contributed by atoms with van der Waals surface area (Å²) in [6, 6.07) is 5.86. The van der Waals surface area contributed by atoms with E-state index in [-0.39, 0.29) is 4.47 Å². The summed E-state index contributed by atoms with van der Waals surface area (Å²) in [4.78, 5) is 0. The Morgan fingerprint density at radius 2 is 1.67 bits per heavy atom. The molecule has 1 nitrogen and oxygen atoms in total. The summed E-state index contributed by atoms with van der Waals surface area (Å²) in [5.41, 5.74) is -4.54. The first kappa shape index (κ1) is 16.4. The second kappa shape index (κ2) is 5.33. The summed E-state index contributed by atoms with van der Waals surface area (Å²) in [6.07, 6.45) is -5.90. The topological polar surface area (TPSA) is 20.2 Å². The smallest absolute Gasteiger partial charge is 0.374 e. The first-order valence-electron chi connectivity index (χ1n) is 5.56. The van der Waals surface area contributed by atoms with Crippen LogP contribution in [0.25, 0.3) is 0 Å². The van der Waals surface area contributed by atoms with E-state index in [2.05, 4.69) is 15.9 Å². The van der Waals surface area contributed by atoms with Crippen LogP contribution in [-0.4, -0.2) is 17.2 Å². The predicted octanol–water partition coefficient (Wildman–Crippen LogP) is 4.94. The van der Waals surface area contributed by atoms with Crippen molar-refractivity contribution in [1.29, 1.82) is 0 Å². The maximum atomic E-state index is 14.0. The molecule has 8 heteroatoms. The van der Waals surface area contributed by atoms with Crippen molar-refractivity contribution in [2.24, 2.45) is 0 Å². The standard InChI is InChI=1S/C13H8BrF5OS/c14-10-3-1-2-8(6-10)11(20,9-4-5-21-7-9)12(15,16)13(17,18)19/h1-7,20H. The Labute approximate surface area is 129 Å². The van der Waals surface area contributed by atoms with Gasteiger partial charge < -0.3 is 5.11 Å². The van der Waals surface area contributed by atoms with Crippen LogP contribution in [0.2, 0.25) is 0 Å². The zero-order valence-corrected chi connectivity index (χ0v) is 12.6. The van der Waals surface area contributed by atoms with Crippen LogP contribution >= 0.6 is 27.3 Å². The molecule has 1 aromatic carbocycles. The van der Waals surface area contributed by atoms with Gasteiger partial charge in [-0.25, -0.2) is 0 Å². The highest BCUT2D eigenvalue weighted by Crippen LogP contribution is 2.52. The van der Waals surface area contributed by atoms with Gasteiger partial charge in [0.05, 0.1) is 0 Å². The van der Waals surface area contributed by atoms with E-state index in [0.29, 0.717) is 0 Å². The number of alkyl halides is 5. The lowest BCUT2D eigenvalue weighted by molar-refractivity contribution is -0.336. The normalized spacial score (nSPS) is 15.8. The number of rotatable bonds is 3. The van der Waals surface area contributed by atoms with Crippen molar-refractivity contribution in [2.45, 2.75) is 17.7 Å². The highest BCUT2D eigenvalue weighted by Gasteiger charge is 2.71. The van der Waals surface area contributed by atoms with Crippen molar-refractivity contribution >= 4 is 27.3 Å². The van der Waals surface area contributed by atoms with Crippen molar-refractivity contribution in [2.75, 3.05) is 0 Å². The molecule has 1 aromatic heterocycles. The van der Waals surface area contributed by atoms with Gasteiger partial charge in [0.2, 0.25) is 0 Å². The molecule has 0 saturated carbocycles. The highest BCUT2D eigenvalue weighted by atomic mass is 79.9. The summed E-state index contributed by atoms with van der Waals surface area (Å²) < 4.78 is 66.6. The Kier molecular flexibility index (Phi) is 4.16. The summed E-state index contributed by atoms with van der Waals surface area (Å²) in [6.45, 7) is 0. The molecule has 1 atom stereocenters. The Bertz CT molecular complexity index is 626. The fourth-order valence-electron chi connectivity index (χ4n) is 1.92. The molecule has 2 aromatic rings. The number of hydrogen-bond acceptors (Lipinski definition) is 2. The van der Waals surface area contributed by atoms with Crippen LogP contribution < -0.4 is 0 Å². The monoisotopic (exact) mass is 386 g/mol. The second-order valence-electron chi connectivity index (χ2n) is 4.30. The molecule has 21 heavy (non-hydrogen) atoms. The minimum absolute atomic E-state index is 0.284. The second-order valence-corrected chi connectivity index (χ2v) is 6.00. The zero-order chi connectivity index (χ0) is 15.9. The van der Waals surface area contributed by atoms with Gasteiger partial charge in [-0.3, -0.25) is 0 Å². The summed E-state index contributed by atoms with van der Waals surface area (Å²) in [5.74, 6) is -5.35. The van der Waals surface area contributed by atoms with Crippen molar-refractivity contribution in [3.8, 4) is 0 Å². The van der Waals surface area contributed by atoms with Crippen LogP contribution in [0.4, 0.5) is 22.0 Å². The summed E-state index contributed by atoms with van der Waals surface area (Å²) in [5, 5.41) is 12.7. The molecule has 0 spiro atoms. The lowest BCUT2D eigenvalue weighted by Crippen LogP contribution is -2.55. The van der Waals surface area contributed by atoms with Crippen molar-refractivity contribution in [3.05, 3.63) is 56.7 Å². The minimum Gasteiger partial charge on any atom is -0.374 e. The molecule has 0 saturated heterocycles. The van der Waals surface area contributed by atoms with Gasteiger partial charge in [0, 0.05) is 10.0 Å². The van der Waals surface area contributed by atoms with Crippen molar-refractivity contribution in [3.63, 3.8) is 0 Å². The highest BCUT2D eigenvalue weighted by molar-refractivity contribution is 9.10. The minimum atomic E-state index is -5.90. The maximum Gasteiger partial charge on any atom is 0.457 e. The Morgan fingerprint density at radius 3 is 2.14 bits per heavy atom. The molecule has 114 valence electrons. The average Bonchev–Trinajstić information content (AvgIpc) is 2.90. The first-order valence-corrected chi connectivity index (χ1v) is 7.30. The van der Waals surface area contributed by atoms with E-state index in [9.17, 15) is 27.1 Å². The molecule has 2 rings (SSSR count). The average molecular weight is 387 g/mol.